The van der Waals surface area contributed by atoms with Crippen molar-refractivity contribution in [1.29, 1.82) is 0 Å². The standard InChI is InChI=1S/C11H8ClFO2/c1-6-4-8(11(14)15-6)7-2-3-9(12)10(13)5-7/h2-6H,1H3. The molecule has 1 aliphatic heterocycles. The van der Waals surface area contributed by atoms with Crippen LogP contribution in [0.5, 0.6) is 0 Å². The number of cyclic esters (lactones) is 1. The molecule has 78 valence electrons. The maximum Gasteiger partial charge on any atom is 0.339 e. The monoisotopic (exact) mass is 226 g/mol. The number of hydrogen-bond donors (Lipinski definition) is 0. The first-order valence-corrected chi connectivity index (χ1v) is 4.84. The first-order valence-electron chi connectivity index (χ1n) is 4.46. The van der Waals surface area contributed by atoms with E-state index in [9.17, 15) is 9.18 Å². The molecule has 1 aliphatic rings. The average Bonchev–Trinajstić information content (AvgIpc) is 2.50. The van der Waals surface area contributed by atoms with Gasteiger partial charge in [0.05, 0.1) is 10.6 Å². The van der Waals surface area contributed by atoms with Gasteiger partial charge in [0.1, 0.15) is 11.9 Å². The predicted molar refractivity (Wildman–Crippen MR) is 54.9 cm³/mol. The molecule has 0 saturated carbocycles. The second-order valence-electron chi connectivity index (χ2n) is 3.32. The Morgan fingerprint density at radius 1 is 1.47 bits per heavy atom. The molecule has 1 atom stereocenters. The maximum absolute atomic E-state index is 13.1. The van der Waals surface area contributed by atoms with Crippen LogP contribution >= 0.6 is 11.6 Å². The molecule has 0 radical (unpaired) electrons. The molecule has 1 aromatic carbocycles. The lowest BCUT2D eigenvalue weighted by atomic mass is 10.1. The number of rotatable bonds is 1. The molecule has 0 bridgehead atoms. The quantitative estimate of drug-likeness (QED) is 0.689. The molecule has 15 heavy (non-hydrogen) atoms. The highest BCUT2D eigenvalue weighted by Gasteiger charge is 2.23. The zero-order chi connectivity index (χ0) is 11.0. The number of ether oxygens (including phenoxy) is 1. The van der Waals surface area contributed by atoms with Crippen LogP contribution in [0.3, 0.4) is 0 Å². The van der Waals surface area contributed by atoms with Crippen molar-refractivity contribution in [2.75, 3.05) is 0 Å². The third kappa shape index (κ3) is 1.88. The van der Waals surface area contributed by atoms with E-state index in [1.807, 2.05) is 0 Å². The van der Waals surface area contributed by atoms with Gasteiger partial charge in [-0.15, -0.1) is 0 Å². The van der Waals surface area contributed by atoms with Crippen molar-refractivity contribution < 1.29 is 13.9 Å². The number of carbonyl (C=O) groups is 1. The van der Waals surface area contributed by atoms with E-state index in [0.717, 1.165) is 0 Å². The van der Waals surface area contributed by atoms with Crippen LogP contribution in [0.25, 0.3) is 5.57 Å². The second-order valence-corrected chi connectivity index (χ2v) is 3.73. The molecule has 2 nitrogen and oxygen atoms in total. The van der Waals surface area contributed by atoms with E-state index in [0.29, 0.717) is 11.1 Å². The first-order chi connectivity index (χ1) is 7.08. The van der Waals surface area contributed by atoms with Crippen molar-refractivity contribution >= 4 is 23.1 Å². The number of benzene rings is 1. The third-order valence-corrected chi connectivity index (χ3v) is 2.45. The van der Waals surface area contributed by atoms with Crippen LogP contribution in [0.1, 0.15) is 12.5 Å². The summed E-state index contributed by atoms with van der Waals surface area (Å²) in [7, 11) is 0. The third-order valence-electron chi connectivity index (χ3n) is 2.14. The lowest BCUT2D eigenvalue weighted by Crippen LogP contribution is -2.03. The van der Waals surface area contributed by atoms with Crippen molar-refractivity contribution in [3.8, 4) is 0 Å². The van der Waals surface area contributed by atoms with Crippen LogP contribution < -0.4 is 0 Å². The highest BCUT2D eigenvalue weighted by molar-refractivity contribution is 6.30. The van der Waals surface area contributed by atoms with Crippen LogP contribution in [0.2, 0.25) is 5.02 Å². The first kappa shape index (κ1) is 10.2. The molecule has 0 amide bonds. The minimum absolute atomic E-state index is 0.0405. The van der Waals surface area contributed by atoms with Gasteiger partial charge in [-0.2, -0.15) is 0 Å². The fraction of sp³-hybridized carbons (Fsp3) is 0.182. The Balaban J connectivity index is 2.42. The van der Waals surface area contributed by atoms with Crippen LogP contribution in [-0.4, -0.2) is 12.1 Å². The fourth-order valence-corrected chi connectivity index (χ4v) is 1.56. The van der Waals surface area contributed by atoms with E-state index in [1.165, 1.54) is 12.1 Å². The summed E-state index contributed by atoms with van der Waals surface area (Å²) in [6, 6.07) is 4.24. The molecule has 4 heteroatoms. The van der Waals surface area contributed by atoms with Crippen LogP contribution in [0.15, 0.2) is 24.3 Å². The Hall–Kier alpha value is -1.35. The van der Waals surface area contributed by atoms with Gasteiger partial charge in [0, 0.05) is 0 Å². The molecule has 1 heterocycles. The molecular weight excluding hydrogens is 219 g/mol. The summed E-state index contributed by atoms with van der Waals surface area (Å²) in [6.07, 6.45) is 1.40. The Morgan fingerprint density at radius 3 is 2.73 bits per heavy atom. The smallest absolute Gasteiger partial charge is 0.339 e. The molecular formula is C11H8ClFO2. The Bertz CT molecular complexity index is 454. The Labute approximate surface area is 91.3 Å². The highest BCUT2D eigenvalue weighted by Crippen LogP contribution is 2.26. The number of carbonyl (C=O) groups excluding carboxylic acids is 1. The predicted octanol–water partition coefficient (Wildman–Crippen LogP) is 2.81. The lowest BCUT2D eigenvalue weighted by molar-refractivity contribution is -0.137. The van der Waals surface area contributed by atoms with Gasteiger partial charge < -0.3 is 4.74 Å². The van der Waals surface area contributed by atoms with E-state index < -0.39 is 11.8 Å². The van der Waals surface area contributed by atoms with Gasteiger partial charge in [0.25, 0.3) is 0 Å². The Morgan fingerprint density at radius 2 is 2.20 bits per heavy atom. The molecule has 1 unspecified atom stereocenters. The summed E-state index contributed by atoms with van der Waals surface area (Å²) in [5, 5.41) is 0.0405. The lowest BCUT2D eigenvalue weighted by Gasteiger charge is -2.01. The molecule has 0 N–H and O–H groups in total. The minimum atomic E-state index is -0.539. The molecule has 0 fully saturated rings. The molecule has 2 rings (SSSR count). The summed E-state index contributed by atoms with van der Waals surface area (Å²) in [6.45, 7) is 1.75. The van der Waals surface area contributed by atoms with Crippen molar-refractivity contribution in [3.63, 3.8) is 0 Å². The zero-order valence-corrected chi connectivity index (χ0v) is 8.72. The summed E-state index contributed by atoms with van der Waals surface area (Å²) in [4.78, 5) is 11.3. The second kappa shape index (κ2) is 3.66. The molecule has 0 aliphatic carbocycles. The van der Waals surface area contributed by atoms with Crippen molar-refractivity contribution in [2.24, 2.45) is 0 Å². The number of halogens is 2. The van der Waals surface area contributed by atoms with E-state index in [1.54, 1.807) is 19.1 Å². The van der Waals surface area contributed by atoms with Gasteiger partial charge in [0.15, 0.2) is 0 Å². The zero-order valence-electron chi connectivity index (χ0n) is 7.96. The fourth-order valence-electron chi connectivity index (χ4n) is 1.45. The summed E-state index contributed by atoms with van der Waals surface area (Å²) in [5.41, 5.74) is 0.879. The summed E-state index contributed by atoms with van der Waals surface area (Å²) in [5.74, 6) is -0.966. The Kier molecular flexibility index (Phi) is 2.49. The van der Waals surface area contributed by atoms with Gasteiger partial charge in [-0.05, 0) is 30.7 Å². The molecule has 0 saturated heterocycles. The van der Waals surface area contributed by atoms with Crippen LogP contribution in [0.4, 0.5) is 4.39 Å². The van der Waals surface area contributed by atoms with Crippen LogP contribution in [-0.2, 0) is 9.53 Å². The topological polar surface area (TPSA) is 26.3 Å². The molecule has 0 spiro atoms. The van der Waals surface area contributed by atoms with Gasteiger partial charge in [-0.3, -0.25) is 0 Å². The van der Waals surface area contributed by atoms with Crippen LogP contribution in [0, 0.1) is 5.82 Å². The highest BCUT2D eigenvalue weighted by atomic mass is 35.5. The molecule has 1 aromatic rings. The average molecular weight is 227 g/mol. The largest absolute Gasteiger partial charge is 0.455 e. The van der Waals surface area contributed by atoms with E-state index in [2.05, 4.69) is 0 Å². The summed E-state index contributed by atoms with van der Waals surface area (Å²) < 4.78 is 18.1. The van der Waals surface area contributed by atoms with Gasteiger partial charge in [-0.25, -0.2) is 9.18 Å². The van der Waals surface area contributed by atoms with Gasteiger partial charge in [0.2, 0.25) is 0 Å². The minimum Gasteiger partial charge on any atom is -0.455 e. The van der Waals surface area contributed by atoms with E-state index in [4.69, 9.17) is 16.3 Å². The maximum atomic E-state index is 13.1. The van der Waals surface area contributed by atoms with E-state index >= 15 is 0 Å². The number of hydrogen-bond acceptors (Lipinski definition) is 2. The normalized spacial score (nSPS) is 20.1. The van der Waals surface area contributed by atoms with Gasteiger partial charge in [-0.1, -0.05) is 17.7 Å². The van der Waals surface area contributed by atoms with Gasteiger partial charge >= 0.3 is 5.97 Å². The number of esters is 1. The van der Waals surface area contributed by atoms with Crippen molar-refractivity contribution in [1.82, 2.24) is 0 Å². The van der Waals surface area contributed by atoms with Crippen molar-refractivity contribution in [2.45, 2.75) is 13.0 Å². The van der Waals surface area contributed by atoms with Crippen molar-refractivity contribution in [3.05, 3.63) is 40.7 Å². The summed E-state index contributed by atoms with van der Waals surface area (Å²) >= 11 is 5.54. The van der Waals surface area contributed by atoms with E-state index in [-0.39, 0.29) is 11.1 Å². The molecule has 0 aromatic heterocycles. The SMILES string of the molecule is CC1C=C(c2ccc(Cl)c(F)c2)C(=O)O1.